The van der Waals surface area contributed by atoms with Crippen molar-refractivity contribution in [2.24, 2.45) is 5.41 Å². The molecule has 3 aromatic heterocycles. The number of rotatable bonds is 4. The van der Waals surface area contributed by atoms with Crippen molar-refractivity contribution >= 4 is 17.2 Å². The molecule has 1 aliphatic heterocycles. The van der Waals surface area contributed by atoms with Crippen molar-refractivity contribution in [3.8, 4) is 0 Å². The Morgan fingerprint density at radius 2 is 2.11 bits per heavy atom. The molecule has 6 nitrogen and oxygen atoms in total. The maximum atomic E-state index is 14.1. The van der Waals surface area contributed by atoms with Gasteiger partial charge < -0.3 is 10.6 Å². The number of aryl methyl sites for hydroxylation is 1. The lowest BCUT2D eigenvalue weighted by Crippen LogP contribution is -2.25. The lowest BCUT2D eigenvalue weighted by molar-refractivity contribution is 0.375. The average molecular weight is 382 g/mol. The van der Waals surface area contributed by atoms with E-state index in [9.17, 15) is 4.39 Å². The summed E-state index contributed by atoms with van der Waals surface area (Å²) >= 11 is 0. The number of halogens is 1. The molecule has 1 aliphatic rings. The predicted octanol–water partition coefficient (Wildman–Crippen LogP) is 4.17. The molecule has 7 heteroatoms. The van der Waals surface area contributed by atoms with Crippen molar-refractivity contribution in [3.05, 3.63) is 47.8 Å². The zero-order valence-electron chi connectivity index (χ0n) is 16.7. The van der Waals surface area contributed by atoms with Crippen LogP contribution in [0.1, 0.15) is 57.3 Å². The molecular formula is C21H27FN6. The van der Waals surface area contributed by atoms with Crippen molar-refractivity contribution in [1.29, 1.82) is 0 Å². The third kappa shape index (κ3) is 3.66. The summed E-state index contributed by atoms with van der Waals surface area (Å²) in [4.78, 5) is 11.4. The lowest BCUT2D eigenvalue weighted by Gasteiger charge is -2.28. The van der Waals surface area contributed by atoms with Gasteiger partial charge in [-0.2, -0.15) is 5.10 Å². The monoisotopic (exact) mass is 382 g/mol. The summed E-state index contributed by atoms with van der Waals surface area (Å²) in [5, 5.41) is 4.19. The van der Waals surface area contributed by atoms with E-state index < -0.39 is 0 Å². The highest BCUT2D eigenvalue weighted by atomic mass is 19.1. The molecule has 4 heterocycles. The van der Waals surface area contributed by atoms with E-state index in [0.717, 1.165) is 49.3 Å². The Balaban J connectivity index is 1.69. The summed E-state index contributed by atoms with van der Waals surface area (Å²) in [5.41, 5.74) is 9.35. The van der Waals surface area contributed by atoms with Crippen LogP contribution in [0.2, 0.25) is 0 Å². The fourth-order valence-electron chi connectivity index (χ4n) is 3.88. The fourth-order valence-corrected chi connectivity index (χ4v) is 3.88. The first-order chi connectivity index (χ1) is 13.3. The Morgan fingerprint density at radius 1 is 1.29 bits per heavy atom. The van der Waals surface area contributed by atoms with Gasteiger partial charge in [0.25, 0.3) is 0 Å². The number of nitrogens with two attached hydrogens (primary N) is 1. The van der Waals surface area contributed by atoms with Crippen molar-refractivity contribution in [2.75, 3.05) is 17.2 Å². The molecule has 2 N–H and O–H groups in total. The molecule has 0 aromatic carbocycles. The van der Waals surface area contributed by atoms with E-state index in [2.05, 4.69) is 35.8 Å². The van der Waals surface area contributed by atoms with E-state index in [4.69, 9.17) is 10.7 Å². The summed E-state index contributed by atoms with van der Waals surface area (Å²) in [6, 6.07) is 3.66. The van der Waals surface area contributed by atoms with Gasteiger partial charge in [0, 0.05) is 18.4 Å². The molecule has 1 unspecified atom stereocenters. The molecule has 0 aliphatic carbocycles. The summed E-state index contributed by atoms with van der Waals surface area (Å²) in [5.74, 6) is 0.554. The van der Waals surface area contributed by atoms with Gasteiger partial charge in [0.2, 0.25) is 0 Å². The largest absolute Gasteiger partial charge is 0.394 e. The van der Waals surface area contributed by atoms with Gasteiger partial charge in [-0.1, -0.05) is 20.8 Å². The molecule has 0 bridgehead atoms. The van der Waals surface area contributed by atoms with Crippen LogP contribution in [0.3, 0.4) is 0 Å². The molecule has 1 atom stereocenters. The number of pyridine rings is 1. The number of nitrogens with zero attached hydrogens (tertiary/aromatic N) is 5. The topological polar surface area (TPSA) is 72.3 Å². The minimum atomic E-state index is -0.287. The van der Waals surface area contributed by atoms with Crippen LogP contribution in [-0.4, -0.2) is 26.1 Å². The Bertz CT molecular complexity index is 990. The van der Waals surface area contributed by atoms with Crippen LogP contribution < -0.4 is 10.6 Å². The normalized spacial score (nSPS) is 17.6. The molecule has 1 saturated heterocycles. The number of aromatic nitrogens is 4. The Labute approximate surface area is 164 Å². The molecular weight excluding hydrogens is 355 g/mol. The molecule has 0 spiro atoms. The standard InChI is InChI=1S/C21H27FN6/c1-21(2,3)8-6-17-15(11-14(22)12-24-17)18-5-4-9-27(18)19-7-10-28-20(26-19)16(23)13-25-28/h7,10-13,18H,4-6,8-9,23H2,1-3H3. The van der Waals surface area contributed by atoms with Gasteiger partial charge in [-0.05, 0) is 48.8 Å². The van der Waals surface area contributed by atoms with E-state index in [1.807, 2.05) is 12.3 Å². The van der Waals surface area contributed by atoms with Gasteiger partial charge in [-0.25, -0.2) is 13.9 Å². The lowest BCUT2D eigenvalue weighted by atomic mass is 9.88. The Hall–Kier alpha value is -2.70. The first-order valence-electron chi connectivity index (χ1n) is 9.83. The minimum absolute atomic E-state index is 0.0669. The molecule has 0 amide bonds. The van der Waals surface area contributed by atoms with Crippen LogP contribution in [-0.2, 0) is 6.42 Å². The third-order valence-corrected chi connectivity index (χ3v) is 5.37. The second-order valence-electron chi connectivity index (χ2n) is 8.76. The van der Waals surface area contributed by atoms with Crippen molar-refractivity contribution in [2.45, 2.75) is 52.5 Å². The van der Waals surface area contributed by atoms with Crippen LogP contribution in [0.5, 0.6) is 0 Å². The Morgan fingerprint density at radius 3 is 2.89 bits per heavy atom. The van der Waals surface area contributed by atoms with E-state index in [0.29, 0.717) is 11.3 Å². The molecule has 0 saturated carbocycles. The minimum Gasteiger partial charge on any atom is -0.394 e. The Kier molecular flexibility index (Phi) is 4.69. The third-order valence-electron chi connectivity index (χ3n) is 5.37. The van der Waals surface area contributed by atoms with Gasteiger partial charge in [-0.15, -0.1) is 0 Å². The molecule has 148 valence electrons. The summed E-state index contributed by atoms with van der Waals surface area (Å²) in [6.07, 6.45) is 8.63. The molecule has 0 radical (unpaired) electrons. The van der Waals surface area contributed by atoms with Gasteiger partial charge in [0.1, 0.15) is 11.6 Å². The van der Waals surface area contributed by atoms with E-state index in [1.165, 1.54) is 6.20 Å². The zero-order chi connectivity index (χ0) is 19.9. The number of nitrogen functional groups attached to an aromatic ring is 1. The second-order valence-corrected chi connectivity index (χ2v) is 8.76. The van der Waals surface area contributed by atoms with Crippen LogP contribution in [0.4, 0.5) is 15.9 Å². The van der Waals surface area contributed by atoms with Crippen LogP contribution >= 0.6 is 0 Å². The van der Waals surface area contributed by atoms with Gasteiger partial charge in [0.05, 0.1) is 24.1 Å². The van der Waals surface area contributed by atoms with E-state index >= 15 is 0 Å². The summed E-state index contributed by atoms with van der Waals surface area (Å²) < 4.78 is 15.8. The predicted molar refractivity (Wildman–Crippen MR) is 109 cm³/mol. The van der Waals surface area contributed by atoms with E-state index in [1.54, 1.807) is 16.8 Å². The SMILES string of the molecule is CC(C)(C)CCc1ncc(F)cc1C1CCCN1c1ccn2ncc(N)c2n1. The van der Waals surface area contributed by atoms with Gasteiger partial charge >= 0.3 is 0 Å². The van der Waals surface area contributed by atoms with Crippen molar-refractivity contribution < 1.29 is 4.39 Å². The smallest absolute Gasteiger partial charge is 0.180 e. The van der Waals surface area contributed by atoms with Crippen LogP contribution in [0.25, 0.3) is 5.65 Å². The maximum Gasteiger partial charge on any atom is 0.180 e. The van der Waals surface area contributed by atoms with Crippen molar-refractivity contribution in [1.82, 2.24) is 19.6 Å². The first kappa shape index (κ1) is 18.7. The molecule has 3 aromatic rings. The average Bonchev–Trinajstić information content (AvgIpc) is 3.27. The highest BCUT2D eigenvalue weighted by Crippen LogP contribution is 2.37. The van der Waals surface area contributed by atoms with Crippen LogP contribution in [0, 0.1) is 11.2 Å². The van der Waals surface area contributed by atoms with Crippen molar-refractivity contribution in [3.63, 3.8) is 0 Å². The van der Waals surface area contributed by atoms with Gasteiger partial charge in [0.15, 0.2) is 5.65 Å². The number of anilines is 2. The fraction of sp³-hybridized carbons (Fsp3) is 0.476. The highest BCUT2D eigenvalue weighted by molar-refractivity contribution is 5.65. The summed E-state index contributed by atoms with van der Waals surface area (Å²) in [6.45, 7) is 7.52. The summed E-state index contributed by atoms with van der Waals surface area (Å²) in [7, 11) is 0. The number of fused-ring (bicyclic) bond motifs is 1. The van der Waals surface area contributed by atoms with Crippen LogP contribution in [0.15, 0.2) is 30.7 Å². The van der Waals surface area contributed by atoms with E-state index in [-0.39, 0.29) is 17.3 Å². The van der Waals surface area contributed by atoms with Gasteiger partial charge in [-0.3, -0.25) is 4.98 Å². The highest BCUT2D eigenvalue weighted by Gasteiger charge is 2.30. The maximum absolute atomic E-state index is 14.1. The first-order valence-corrected chi connectivity index (χ1v) is 9.83. The number of hydrogen-bond donors (Lipinski definition) is 1. The molecule has 1 fully saturated rings. The second kappa shape index (κ2) is 7.04. The number of hydrogen-bond acceptors (Lipinski definition) is 5. The molecule has 28 heavy (non-hydrogen) atoms. The molecule has 4 rings (SSSR count). The quantitative estimate of drug-likeness (QED) is 0.733. The zero-order valence-corrected chi connectivity index (χ0v) is 16.7.